The van der Waals surface area contributed by atoms with Crippen molar-refractivity contribution in [2.45, 2.75) is 32.2 Å². The molecular formula is C13H18ClN3O. The van der Waals surface area contributed by atoms with Crippen molar-refractivity contribution < 1.29 is 4.79 Å². The summed E-state index contributed by atoms with van der Waals surface area (Å²) in [6, 6.07) is 3.26. The summed E-state index contributed by atoms with van der Waals surface area (Å²) in [5.74, 6) is -0.498. The number of rotatable bonds is 2. The van der Waals surface area contributed by atoms with Gasteiger partial charge < -0.3 is 16.4 Å². The summed E-state index contributed by atoms with van der Waals surface area (Å²) in [5.41, 5.74) is 12.7. The average Bonchev–Trinajstić information content (AvgIpc) is 2.57. The van der Waals surface area contributed by atoms with Crippen LogP contribution >= 0.6 is 11.6 Å². The molecule has 1 fully saturated rings. The maximum atomic E-state index is 11.6. The molecule has 1 saturated heterocycles. The fourth-order valence-corrected chi connectivity index (χ4v) is 2.93. The Bertz CT molecular complexity index is 499. The van der Waals surface area contributed by atoms with E-state index in [0.29, 0.717) is 22.0 Å². The molecule has 98 valence electrons. The molecule has 4 nitrogen and oxygen atoms in total. The van der Waals surface area contributed by atoms with Crippen molar-refractivity contribution in [2.24, 2.45) is 5.73 Å². The summed E-state index contributed by atoms with van der Waals surface area (Å²) < 4.78 is 0. The molecule has 1 heterocycles. The molecule has 5 heteroatoms. The first kappa shape index (κ1) is 13.0. The average molecular weight is 268 g/mol. The van der Waals surface area contributed by atoms with Crippen molar-refractivity contribution in [3.63, 3.8) is 0 Å². The standard InChI is InChI=1S/C13H18ClN3O/c1-13(2)4-3-5-17(13)11-9(12(16)18)6-8(15)7-10(11)14/h6-7H,3-5,15H2,1-2H3,(H2,16,18). The van der Waals surface area contributed by atoms with Crippen molar-refractivity contribution in [3.05, 3.63) is 22.7 Å². The van der Waals surface area contributed by atoms with Crippen LogP contribution in [-0.4, -0.2) is 18.0 Å². The Labute approximate surface area is 112 Å². The van der Waals surface area contributed by atoms with Gasteiger partial charge in [0, 0.05) is 17.8 Å². The quantitative estimate of drug-likeness (QED) is 0.808. The predicted molar refractivity (Wildman–Crippen MR) is 75.0 cm³/mol. The second-order valence-corrected chi connectivity index (χ2v) is 5.74. The molecule has 0 unspecified atom stereocenters. The van der Waals surface area contributed by atoms with Crippen molar-refractivity contribution in [1.82, 2.24) is 0 Å². The molecule has 1 amide bonds. The Kier molecular flexibility index (Phi) is 3.15. The fourth-order valence-electron chi connectivity index (χ4n) is 2.60. The maximum Gasteiger partial charge on any atom is 0.250 e. The van der Waals surface area contributed by atoms with Crippen molar-refractivity contribution in [1.29, 1.82) is 0 Å². The van der Waals surface area contributed by atoms with Gasteiger partial charge in [0.25, 0.3) is 5.91 Å². The van der Waals surface area contributed by atoms with Crippen LogP contribution in [0.3, 0.4) is 0 Å². The largest absolute Gasteiger partial charge is 0.399 e. The smallest absolute Gasteiger partial charge is 0.250 e. The number of halogens is 1. The van der Waals surface area contributed by atoms with Crippen molar-refractivity contribution >= 4 is 28.9 Å². The monoisotopic (exact) mass is 267 g/mol. The van der Waals surface area contributed by atoms with Gasteiger partial charge in [0.05, 0.1) is 16.3 Å². The van der Waals surface area contributed by atoms with Crippen LogP contribution in [0, 0.1) is 0 Å². The number of hydrogen-bond donors (Lipinski definition) is 2. The van der Waals surface area contributed by atoms with Gasteiger partial charge in [0.1, 0.15) is 0 Å². The molecule has 1 aliphatic heterocycles. The molecule has 18 heavy (non-hydrogen) atoms. The minimum Gasteiger partial charge on any atom is -0.399 e. The first-order valence-corrected chi connectivity index (χ1v) is 6.37. The van der Waals surface area contributed by atoms with E-state index in [9.17, 15) is 4.79 Å². The SMILES string of the molecule is CC1(C)CCCN1c1c(Cl)cc(N)cc1C(N)=O. The van der Waals surface area contributed by atoms with Gasteiger partial charge in [-0.3, -0.25) is 4.79 Å². The summed E-state index contributed by atoms with van der Waals surface area (Å²) >= 11 is 6.26. The van der Waals surface area contributed by atoms with Crippen LogP contribution in [0.4, 0.5) is 11.4 Å². The number of carbonyl (C=O) groups is 1. The maximum absolute atomic E-state index is 11.6. The van der Waals surface area contributed by atoms with Gasteiger partial charge in [0.2, 0.25) is 0 Å². The number of nitrogens with zero attached hydrogens (tertiary/aromatic N) is 1. The third kappa shape index (κ3) is 2.12. The first-order valence-electron chi connectivity index (χ1n) is 5.99. The zero-order chi connectivity index (χ0) is 13.5. The summed E-state index contributed by atoms with van der Waals surface area (Å²) in [4.78, 5) is 13.7. The van der Waals surface area contributed by atoms with E-state index in [0.717, 1.165) is 19.4 Å². The molecule has 0 atom stereocenters. The topological polar surface area (TPSA) is 72.3 Å². The Balaban J connectivity index is 2.59. The van der Waals surface area contributed by atoms with E-state index in [1.54, 1.807) is 12.1 Å². The molecule has 0 radical (unpaired) electrons. The molecule has 1 aliphatic rings. The van der Waals surface area contributed by atoms with E-state index in [1.165, 1.54) is 0 Å². The van der Waals surface area contributed by atoms with Crippen molar-refractivity contribution in [2.75, 3.05) is 17.2 Å². The number of anilines is 2. The summed E-state index contributed by atoms with van der Waals surface area (Å²) in [6.07, 6.45) is 2.14. The van der Waals surface area contributed by atoms with Crippen LogP contribution in [0.2, 0.25) is 5.02 Å². The Morgan fingerprint density at radius 2 is 2.11 bits per heavy atom. The molecule has 1 aromatic rings. The normalized spacial score (nSPS) is 18.1. The van der Waals surface area contributed by atoms with Crippen molar-refractivity contribution in [3.8, 4) is 0 Å². The van der Waals surface area contributed by atoms with E-state index in [-0.39, 0.29) is 5.54 Å². The van der Waals surface area contributed by atoms with E-state index >= 15 is 0 Å². The lowest BCUT2D eigenvalue weighted by atomic mass is 10.00. The number of amides is 1. The second-order valence-electron chi connectivity index (χ2n) is 5.33. The highest BCUT2D eigenvalue weighted by Crippen LogP contribution is 2.40. The molecule has 2 rings (SSSR count). The summed E-state index contributed by atoms with van der Waals surface area (Å²) in [5, 5.41) is 0.485. The molecule has 0 aliphatic carbocycles. The number of nitrogen functional groups attached to an aromatic ring is 1. The van der Waals surface area contributed by atoms with Gasteiger partial charge in [0.15, 0.2) is 0 Å². The highest BCUT2D eigenvalue weighted by atomic mass is 35.5. The van der Waals surface area contributed by atoms with Crippen LogP contribution in [0.5, 0.6) is 0 Å². The van der Waals surface area contributed by atoms with Gasteiger partial charge >= 0.3 is 0 Å². The zero-order valence-electron chi connectivity index (χ0n) is 10.7. The number of benzene rings is 1. The molecule has 4 N–H and O–H groups in total. The van der Waals surface area contributed by atoms with Gasteiger partial charge in [-0.05, 0) is 38.8 Å². The first-order chi connectivity index (χ1) is 8.33. The van der Waals surface area contributed by atoms with E-state index in [2.05, 4.69) is 18.7 Å². The lowest BCUT2D eigenvalue weighted by Crippen LogP contribution is -2.39. The lowest BCUT2D eigenvalue weighted by Gasteiger charge is -2.35. The fraction of sp³-hybridized carbons (Fsp3) is 0.462. The number of nitrogens with two attached hydrogens (primary N) is 2. The molecule has 1 aromatic carbocycles. The van der Waals surface area contributed by atoms with Crippen LogP contribution in [-0.2, 0) is 0 Å². The van der Waals surface area contributed by atoms with Gasteiger partial charge in [-0.2, -0.15) is 0 Å². The van der Waals surface area contributed by atoms with Gasteiger partial charge in [-0.15, -0.1) is 0 Å². The molecule has 0 saturated carbocycles. The minimum atomic E-state index is -0.498. The Hall–Kier alpha value is -1.42. The summed E-state index contributed by atoms with van der Waals surface area (Å²) in [6.45, 7) is 5.14. The molecular weight excluding hydrogens is 250 g/mol. The second kappa shape index (κ2) is 4.35. The van der Waals surface area contributed by atoms with Crippen LogP contribution in [0.15, 0.2) is 12.1 Å². The van der Waals surface area contributed by atoms with Crippen LogP contribution in [0.25, 0.3) is 0 Å². The number of hydrogen-bond acceptors (Lipinski definition) is 3. The van der Waals surface area contributed by atoms with Crippen LogP contribution in [0.1, 0.15) is 37.0 Å². The Morgan fingerprint density at radius 3 is 2.61 bits per heavy atom. The predicted octanol–water partition coefficient (Wildman–Crippen LogP) is 2.40. The minimum absolute atomic E-state index is 0.0239. The lowest BCUT2D eigenvalue weighted by molar-refractivity contribution is 0.100. The van der Waals surface area contributed by atoms with E-state index in [1.807, 2.05) is 0 Å². The van der Waals surface area contributed by atoms with Gasteiger partial charge in [-0.1, -0.05) is 11.6 Å². The van der Waals surface area contributed by atoms with Gasteiger partial charge in [-0.25, -0.2) is 0 Å². The number of carbonyl (C=O) groups excluding carboxylic acids is 1. The molecule has 0 spiro atoms. The molecule has 0 bridgehead atoms. The molecule has 0 aromatic heterocycles. The highest BCUT2D eigenvalue weighted by Gasteiger charge is 2.35. The van der Waals surface area contributed by atoms with E-state index in [4.69, 9.17) is 23.1 Å². The number of primary amides is 1. The third-order valence-corrected chi connectivity index (χ3v) is 3.81. The third-order valence-electron chi connectivity index (χ3n) is 3.52. The summed E-state index contributed by atoms with van der Waals surface area (Å²) in [7, 11) is 0. The zero-order valence-corrected chi connectivity index (χ0v) is 11.4. The Morgan fingerprint density at radius 1 is 1.44 bits per heavy atom. The van der Waals surface area contributed by atoms with E-state index < -0.39 is 5.91 Å². The van der Waals surface area contributed by atoms with Crippen LogP contribution < -0.4 is 16.4 Å². The highest BCUT2D eigenvalue weighted by molar-refractivity contribution is 6.34.